The molecule has 1 unspecified atom stereocenters. The van der Waals surface area contributed by atoms with Crippen LogP contribution in [0.1, 0.15) is 29.3 Å². The Morgan fingerprint density at radius 3 is 3.14 bits per heavy atom. The van der Waals surface area contributed by atoms with Gasteiger partial charge in [0.05, 0.1) is 18.7 Å². The first-order valence-corrected chi connectivity index (χ1v) is 4.55. The van der Waals surface area contributed by atoms with Gasteiger partial charge in [-0.3, -0.25) is 0 Å². The molecule has 5 nitrogen and oxygen atoms in total. The lowest BCUT2D eigenvalue weighted by Gasteiger charge is -2.04. The third-order valence-corrected chi connectivity index (χ3v) is 2.19. The van der Waals surface area contributed by atoms with E-state index in [1.54, 1.807) is 0 Å². The highest BCUT2D eigenvalue weighted by Gasteiger charge is 2.19. The predicted octanol–water partition coefficient (Wildman–Crippen LogP) is 1.09. The molecular formula is C9H11NO4. The van der Waals surface area contributed by atoms with Crippen molar-refractivity contribution in [1.82, 2.24) is 4.98 Å². The molecule has 1 aliphatic rings. The normalized spacial score (nSPS) is 21.3. The molecule has 0 aromatic carbocycles. The van der Waals surface area contributed by atoms with Gasteiger partial charge in [0.2, 0.25) is 5.76 Å². The highest BCUT2D eigenvalue weighted by atomic mass is 16.5. The molecule has 0 radical (unpaired) electrons. The van der Waals surface area contributed by atoms with E-state index in [1.165, 1.54) is 6.20 Å². The summed E-state index contributed by atoms with van der Waals surface area (Å²) in [6.45, 7) is 0.775. The molecule has 1 aliphatic heterocycles. The Balaban J connectivity index is 1.98. The van der Waals surface area contributed by atoms with Crippen molar-refractivity contribution in [2.45, 2.75) is 25.4 Å². The number of oxazole rings is 1. The second kappa shape index (κ2) is 3.79. The summed E-state index contributed by atoms with van der Waals surface area (Å²) in [4.78, 5) is 14.4. The van der Waals surface area contributed by atoms with Gasteiger partial charge < -0.3 is 14.3 Å². The molecule has 1 fully saturated rings. The number of ether oxygens (including phenoxy) is 1. The summed E-state index contributed by atoms with van der Waals surface area (Å²) >= 11 is 0. The highest BCUT2D eigenvalue weighted by Crippen LogP contribution is 2.17. The van der Waals surface area contributed by atoms with Gasteiger partial charge in [-0.2, -0.15) is 0 Å². The molecule has 0 spiro atoms. The van der Waals surface area contributed by atoms with Crippen molar-refractivity contribution in [2.24, 2.45) is 0 Å². The van der Waals surface area contributed by atoms with Crippen LogP contribution in [-0.2, 0) is 11.2 Å². The first kappa shape index (κ1) is 9.21. The van der Waals surface area contributed by atoms with Gasteiger partial charge in [-0.15, -0.1) is 0 Å². The van der Waals surface area contributed by atoms with Crippen LogP contribution in [0.2, 0.25) is 0 Å². The Kier molecular flexibility index (Phi) is 2.49. The summed E-state index contributed by atoms with van der Waals surface area (Å²) < 4.78 is 10.4. The van der Waals surface area contributed by atoms with E-state index in [0.29, 0.717) is 12.3 Å². The minimum atomic E-state index is -1.09. The van der Waals surface area contributed by atoms with E-state index in [4.69, 9.17) is 14.3 Å². The predicted molar refractivity (Wildman–Crippen MR) is 46.1 cm³/mol. The third-order valence-electron chi connectivity index (χ3n) is 2.19. The smallest absolute Gasteiger partial charge is 0.373 e. The lowest BCUT2D eigenvalue weighted by Crippen LogP contribution is -2.08. The van der Waals surface area contributed by atoms with E-state index in [2.05, 4.69) is 4.98 Å². The van der Waals surface area contributed by atoms with Gasteiger partial charge in [-0.05, 0) is 12.8 Å². The van der Waals surface area contributed by atoms with Crippen molar-refractivity contribution < 1.29 is 19.1 Å². The molecule has 0 amide bonds. The highest BCUT2D eigenvalue weighted by molar-refractivity contribution is 5.83. The van der Waals surface area contributed by atoms with Crippen LogP contribution in [0.5, 0.6) is 0 Å². The molecule has 1 saturated heterocycles. The summed E-state index contributed by atoms with van der Waals surface area (Å²) in [5.74, 6) is -0.761. The molecule has 0 saturated carbocycles. The standard InChI is InChI=1S/C9H11NO4/c11-9(12)7-5-10-8(14-7)4-6-2-1-3-13-6/h5-6H,1-4H2,(H,11,12). The molecule has 5 heteroatoms. The number of carbonyl (C=O) groups is 1. The summed E-state index contributed by atoms with van der Waals surface area (Å²) in [6, 6.07) is 0. The number of rotatable bonds is 3. The van der Waals surface area contributed by atoms with Crippen molar-refractivity contribution in [3.05, 3.63) is 17.8 Å². The summed E-state index contributed by atoms with van der Waals surface area (Å²) in [6.07, 6.45) is 3.97. The van der Waals surface area contributed by atoms with Crippen LogP contribution < -0.4 is 0 Å². The average molecular weight is 197 g/mol. The van der Waals surface area contributed by atoms with E-state index >= 15 is 0 Å². The van der Waals surface area contributed by atoms with Crippen LogP contribution in [0, 0.1) is 0 Å². The molecule has 2 rings (SSSR count). The Hall–Kier alpha value is -1.36. The number of carboxylic acids is 1. The van der Waals surface area contributed by atoms with Crippen LogP contribution in [0.25, 0.3) is 0 Å². The lowest BCUT2D eigenvalue weighted by atomic mass is 10.2. The van der Waals surface area contributed by atoms with Gasteiger partial charge in [0, 0.05) is 6.61 Å². The fraction of sp³-hybridized carbons (Fsp3) is 0.556. The third kappa shape index (κ3) is 1.93. The van der Waals surface area contributed by atoms with Crippen LogP contribution in [0.3, 0.4) is 0 Å². The summed E-state index contributed by atoms with van der Waals surface area (Å²) in [7, 11) is 0. The molecule has 1 N–H and O–H groups in total. The van der Waals surface area contributed by atoms with Crippen molar-refractivity contribution >= 4 is 5.97 Å². The van der Waals surface area contributed by atoms with Gasteiger partial charge in [-0.25, -0.2) is 9.78 Å². The Morgan fingerprint density at radius 1 is 1.71 bits per heavy atom. The molecule has 1 atom stereocenters. The Bertz CT molecular complexity index is 327. The van der Waals surface area contributed by atoms with E-state index in [1.807, 2.05) is 0 Å². The number of nitrogens with zero attached hydrogens (tertiary/aromatic N) is 1. The first-order valence-electron chi connectivity index (χ1n) is 4.55. The zero-order valence-corrected chi connectivity index (χ0v) is 7.60. The maximum Gasteiger partial charge on any atom is 0.373 e. The minimum absolute atomic E-state index is 0.113. The number of hydrogen-bond acceptors (Lipinski definition) is 4. The van der Waals surface area contributed by atoms with Gasteiger partial charge in [0.25, 0.3) is 0 Å². The molecule has 0 aliphatic carbocycles. The summed E-state index contributed by atoms with van der Waals surface area (Å²) in [5.41, 5.74) is 0. The topological polar surface area (TPSA) is 72.6 Å². The molecular weight excluding hydrogens is 186 g/mol. The number of aromatic nitrogens is 1. The zero-order valence-electron chi connectivity index (χ0n) is 7.60. The maximum absolute atomic E-state index is 10.5. The lowest BCUT2D eigenvalue weighted by molar-refractivity contribution is 0.0655. The second-order valence-corrected chi connectivity index (χ2v) is 3.26. The summed E-state index contributed by atoms with van der Waals surface area (Å²) in [5, 5.41) is 8.59. The number of carboxylic acid groups (broad SMARTS) is 1. The fourth-order valence-corrected chi connectivity index (χ4v) is 1.50. The Morgan fingerprint density at radius 2 is 2.57 bits per heavy atom. The van der Waals surface area contributed by atoms with E-state index in [9.17, 15) is 4.79 Å². The quantitative estimate of drug-likeness (QED) is 0.785. The zero-order chi connectivity index (χ0) is 9.97. The van der Waals surface area contributed by atoms with E-state index in [-0.39, 0.29) is 11.9 Å². The molecule has 1 aromatic rings. The first-order chi connectivity index (χ1) is 6.75. The number of hydrogen-bond donors (Lipinski definition) is 1. The average Bonchev–Trinajstić information content (AvgIpc) is 2.75. The molecule has 0 bridgehead atoms. The molecule has 14 heavy (non-hydrogen) atoms. The van der Waals surface area contributed by atoms with Crippen LogP contribution >= 0.6 is 0 Å². The van der Waals surface area contributed by atoms with Crippen LogP contribution in [0.4, 0.5) is 0 Å². The van der Waals surface area contributed by atoms with E-state index < -0.39 is 5.97 Å². The second-order valence-electron chi connectivity index (χ2n) is 3.26. The van der Waals surface area contributed by atoms with Crippen LogP contribution in [-0.4, -0.2) is 28.8 Å². The Labute approximate surface area is 80.7 Å². The largest absolute Gasteiger partial charge is 0.475 e. The molecule has 2 heterocycles. The van der Waals surface area contributed by atoms with Gasteiger partial charge in [-0.1, -0.05) is 0 Å². The monoisotopic (exact) mass is 197 g/mol. The van der Waals surface area contributed by atoms with Gasteiger partial charge in [0.15, 0.2) is 5.89 Å². The van der Waals surface area contributed by atoms with Gasteiger partial charge in [0.1, 0.15) is 0 Å². The minimum Gasteiger partial charge on any atom is -0.475 e. The number of aromatic carboxylic acids is 1. The van der Waals surface area contributed by atoms with Crippen molar-refractivity contribution in [2.75, 3.05) is 6.61 Å². The molecule has 1 aromatic heterocycles. The van der Waals surface area contributed by atoms with Crippen molar-refractivity contribution in [3.8, 4) is 0 Å². The van der Waals surface area contributed by atoms with Crippen LogP contribution in [0.15, 0.2) is 10.6 Å². The van der Waals surface area contributed by atoms with Crippen molar-refractivity contribution in [1.29, 1.82) is 0 Å². The molecule has 76 valence electrons. The SMILES string of the molecule is O=C(O)c1cnc(CC2CCCO2)o1. The van der Waals surface area contributed by atoms with E-state index in [0.717, 1.165) is 19.4 Å². The van der Waals surface area contributed by atoms with Crippen molar-refractivity contribution in [3.63, 3.8) is 0 Å². The maximum atomic E-state index is 10.5. The fourth-order valence-electron chi connectivity index (χ4n) is 1.50. The van der Waals surface area contributed by atoms with Gasteiger partial charge >= 0.3 is 5.97 Å².